The maximum atomic E-state index is 11.9. The summed E-state index contributed by atoms with van der Waals surface area (Å²) in [4.78, 5) is 16.3. The molecule has 19 heavy (non-hydrogen) atoms. The van der Waals surface area contributed by atoms with Crippen LogP contribution in [-0.2, 0) is 4.79 Å². The number of nitrogens with zero attached hydrogens (tertiary/aromatic N) is 2. The van der Waals surface area contributed by atoms with E-state index in [4.69, 9.17) is 0 Å². The lowest BCUT2D eigenvalue weighted by atomic mass is 9.97. The molecule has 1 fully saturated rings. The molecule has 0 aliphatic carbocycles. The SMILES string of the molecule is CCC(=O)N1CCN(c2cccc(C)c2)C(C)(C)C1. The van der Waals surface area contributed by atoms with Gasteiger partial charge < -0.3 is 9.80 Å². The zero-order valence-electron chi connectivity index (χ0n) is 12.4. The largest absolute Gasteiger partial charge is 0.363 e. The van der Waals surface area contributed by atoms with Crippen molar-refractivity contribution >= 4 is 11.6 Å². The van der Waals surface area contributed by atoms with Crippen molar-refractivity contribution in [3.8, 4) is 0 Å². The lowest BCUT2D eigenvalue weighted by Crippen LogP contribution is -2.60. The number of aryl methyl sites for hydroxylation is 1. The Bertz CT molecular complexity index is 468. The third-order valence-corrected chi connectivity index (χ3v) is 3.87. The van der Waals surface area contributed by atoms with Crippen molar-refractivity contribution in [2.45, 2.75) is 39.7 Å². The quantitative estimate of drug-likeness (QED) is 0.816. The van der Waals surface area contributed by atoms with Crippen LogP contribution in [0.5, 0.6) is 0 Å². The van der Waals surface area contributed by atoms with Gasteiger partial charge in [0, 0.05) is 31.7 Å². The van der Waals surface area contributed by atoms with Gasteiger partial charge in [0.1, 0.15) is 0 Å². The average molecular weight is 260 g/mol. The molecule has 0 saturated carbocycles. The minimum absolute atomic E-state index is 0.0170. The predicted octanol–water partition coefficient (Wildman–Crippen LogP) is 2.83. The van der Waals surface area contributed by atoms with Gasteiger partial charge in [-0.25, -0.2) is 0 Å². The molecule has 0 atom stereocenters. The van der Waals surface area contributed by atoms with Crippen LogP contribution in [-0.4, -0.2) is 36.0 Å². The van der Waals surface area contributed by atoms with Crippen LogP contribution < -0.4 is 4.90 Å². The van der Waals surface area contributed by atoms with Gasteiger partial charge in [-0.2, -0.15) is 0 Å². The Kier molecular flexibility index (Phi) is 3.83. The summed E-state index contributed by atoms with van der Waals surface area (Å²) >= 11 is 0. The van der Waals surface area contributed by atoms with E-state index in [-0.39, 0.29) is 11.4 Å². The number of rotatable bonds is 2. The summed E-state index contributed by atoms with van der Waals surface area (Å²) in [5.74, 6) is 0.261. The third-order valence-electron chi connectivity index (χ3n) is 3.87. The van der Waals surface area contributed by atoms with Crippen molar-refractivity contribution in [2.24, 2.45) is 0 Å². The van der Waals surface area contributed by atoms with E-state index in [1.165, 1.54) is 11.3 Å². The minimum atomic E-state index is -0.0170. The van der Waals surface area contributed by atoms with Crippen molar-refractivity contribution in [1.82, 2.24) is 4.90 Å². The number of carbonyl (C=O) groups excluding carboxylic acids is 1. The van der Waals surface area contributed by atoms with Crippen LogP contribution in [0.2, 0.25) is 0 Å². The molecular weight excluding hydrogens is 236 g/mol. The molecule has 0 aromatic heterocycles. The summed E-state index contributed by atoms with van der Waals surface area (Å²) in [6.45, 7) is 11.0. The Hall–Kier alpha value is -1.51. The molecule has 1 heterocycles. The summed E-state index contributed by atoms with van der Waals surface area (Å²) in [5.41, 5.74) is 2.52. The molecule has 0 N–H and O–H groups in total. The summed E-state index contributed by atoms with van der Waals surface area (Å²) in [7, 11) is 0. The first-order valence-electron chi connectivity index (χ1n) is 7.06. The molecule has 3 nitrogen and oxygen atoms in total. The van der Waals surface area contributed by atoms with Gasteiger partial charge in [-0.3, -0.25) is 4.79 Å². The van der Waals surface area contributed by atoms with Crippen molar-refractivity contribution in [2.75, 3.05) is 24.5 Å². The average Bonchev–Trinajstić information content (AvgIpc) is 2.36. The number of hydrogen-bond donors (Lipinski definition) is 0. The summed E-state index contributed by atoms with van der Waals surface area (Å²) in [6, 6.07) is 8.60. The Morgan fingerprint density at radius 3 is 2.63 bits per heavy atom. The molecule has 0 spiro atoms. The van der Waals surface area contributed by atoms with Crippen molar-refractivity contribution in [1.29, 1.82) is 0 Å². The first kappa shape index (κ1) is 13.9. The number of hydrogen-bond acceptors (Lipinski definition) is 2. The maximum absolute atomic E-state index is 11.9. The fraction of sp³-hybridized carbons (Fsp3) is 0.562. The number of amides is 1. The van der Waals surface area contributed by atoms with Crippen LogP contribution in [0.1, 0.15) is 32.8 Å². The highest BCUT2D eigenvalue weighted by Gasteiger charge is 2.35. The van der Waals surface area contributed by atoms with Crippen LogP contribution in [0.15, 0.2) is 24.3 Å². The van der Waals surface area contributed by atoms with Crippen molar-refractivity contribution < 1.29 is 4.79 Å². The third kappa shape index (κ3) is 2.91. The fourth-order valence-corrected chi connectivity index (χ4v) is 2.87. The monoisotopic (exact) mass is 260 g/mol. The van der Waals surface area contributed by atoms with Crippen LogP contribution in [0, 0.1) is 6.92 Å². The molecule has 1 aliphatic heterocycles. The lowest BCUT2D eigenvalue weighted by molar-refractivity contribution is -0.132. The molecule has 1 saturated heterocycles. The molecule has 3 heteroatoms. The second kappa shape index (κ2) is 5.24. The molecule has 2 rings (SSSR count). The first-order chi connectivity index (χ1) is 8.94. The molecule has 0 radical (unpaired) electrons. The van der Waals surface area contributed by atoms with E-state index < -0.39 is 0 Å². The number of anilines is 1. The smallest absolute Gasteiger partial charge is 0.222 e. The Morgan fingerprint density at radius 2 is 2.05 bits per heavy atom. The van der Waals surface area contributed by atoms with Crippen LogP contribution in [0.25, 0.3) is 0 Å². The van der Waals surface area contributed by atoms with Crippen LogP contribution >= 0.6 is 0 Å². The molecule has 1 amide bonds. The zero-order valence-corrected chi connectivity index (χ0v) is 12.4. The van der Waals surface area contributed by atoms with Crippen LogP contribution in [0.3, 0.4) is 0 Å². The Labute approximate surface area is 116 Å². The van der Waals surface area contributed by atoms with E-state index >= 15 is 0 Å². The molecule has 0 unspecified atom stereocenters. The second-order valence-electron chi connectivity index (χ2n) is 5.97. The van der Waals surface area contributed by atoms with Gasteiger partial charge in [-0.15, -0.1) is 0 Å². The summed E-state index contributed by atoms with van der Waals surface area (Å²) in [5, 5.41) is 0. The molecule has 0 bridgehead atoms. The van der Waals surface area contributed by atoms with E-state index in [1.54, 1.807) is 0 Å². The Morgan fingerprint density at radius 1 is 1.32 bits per heavy atom. The Balaban J connectivity index is 2.19. The van der Waals surface area contributed by atoms with E-state index in [0.717, 1.165) is 19.6 Å². The van der Waals surface area contributed by atoms with Gasteiger partial charge in [0.2, 0.25) is 5.91 Å². The van der Waals surface area contributed by atoms with Crippen molar-refractivity contribution in [3.63, 3.8) is 0 Å². The highest BCUT2D eigenvalue weighted by Crippen LogP contribution is 2.28. The second-order valence-corrected chi connectivity index (χ2v) is 5.97. The molecule has 104 valence electrons. The van der Waals surface area contributed by atoms with Gasteiger partial charge in [0.05, 0.1) is 5.54 Å². The van der Waals surface area contributed by atoms with E-state index in [2.05, 4.69) is 49.9 Å². The predicted molar refractivity (Wildman–Crippen MR) is 79.5 cm³/mol. The highest BCUT2D eigenvalue weighted by atomic mass is 16.2. The van der Waals surface area contributed by atoms with Crippen molar-refractivity contribution in [3.05, 3.63) is 29.8 Å². The maximum Gasteiger partial charge on any atom is 0.222 e. The molecular formula is C16H24N2O. The van der Waals surface area contributed by atoms with Gasteiger partial charge >= 0.3 is 0 Å². The van der Waals surface area contributed by atoms with Crippen LogP contribution in [0.4, 0.5) is 5.69 Å². The first-order valence-corrected chi connectivity index (χ1v) is 7.06. The van der Waals surface area contributed by atoms with Gasteiger partial charge in [0.15, 0.2) is 0 Å². The van der Waals surface area contributed by atoms with E-state index in [1.807, 2.05) is 11.8 Å². The zero-order chi connectivity index (χ0) is 14.0. The highest BCUT2D eigenvalue weighted by molar-refractivity contribution is 5.76. The normalized spacial score (nSPS) is 18.5. The summed E-state index contributed by atoms with van der Waals surface area (Å²) < 4.78 is 0. The summed E-state index contributed by atoms with van der Waals surface area (Å²) in [6.07, 6.45) is 0.598. The fourth-order valence-electron chi connectivity index (χ4n) is 2.87. The number of piperazine rings is 1. The van der Waals surface area contributed by atoms with Gasteiger partial charge in [0.25, 0.3) is 0 Å². The lowest BCUT2D eigenvalue weighted by Gasteiger charge is -2.48. The van der Waals surface area contributed by atoms with E-state index in [0.29, 0.717) is 6.42 Å². The molecule has 1 aromatic rings. The van der Waals surface area contributed by atoms with E-state index in [9.17, 15) is 4.79 Å². The van der Waals surface area contributed by atoms with Gasteiger partial charge in [-0.05, 0) is 38.5 Å². The molecule has 1 aliphatic rings. The van der Waals surface area contributed by atoms with Gasteiger partial charge in [-0.1, -0.05) is 19.1 Å². The minimum Gasteiger partial charge on any atom is -0.363 e. The number of carbonyl (C=O) groups is 1. The molecule has 1 aromatic carbocycles. The standard InChI is InChI=1S/C16H24N2O/c1-5-15(19)17-9-10-18(16(3,4)12-17)14-8-6-7-13(2)11-14/h6-8,11H,5,9-10,12H2,1-4H3. The topological polar surface area (TPSA) is 23.6 Å². The number of benzene rings is 1.